The van der Waals surface area contributed by atoms with Gasteiger partial charge in [-0.2, -0.15) is 0 Å². The summed E-state index contributed by atoms with van der Waals surface area (Å²) in [5.41, 5.74) is 0.132. The number of benzene rings is 1. The van der Waals surface area contributed by atoms with Crippen LogP contribution in [0.1, 0.15) is 13.8 Å². The van der Waals surface area contributed by atoms with Crippen LogP contribution in [0.25, 0.3) is 0 Å². The molecule has 1 heterocycles. The number of rotatable bonds is 2. The van der Waals surface area contributed by atoms with Gasteiger partial charge >= 0.3 is 0 Å². The number of nitrogens with zero attached hydrogens (tertiary/aromatic N) is 1. The minimum Gasteiger partial charge on any atom is -0.345 e. The Balaban J connectivity index is 2.51. The maximum atomic E-state index is 13.9. The predicted molar refractivity (Wildman–Crippen MR) is 73.2 cm³/mol. The van der Waals surface area contributed by atoms with Crippen molar-refractivity contribution in [3.05, 3.63) is 28.5 Å². The molecule has 1 aromatic rings. The van der Waals surface area contributed by atoms with Crippen LogP contribution in [0.15, 0.2) is 22.7 Å². The Labute approximate surface area is 119 Å². The molecule has 102 valence electrons. The first kappa shape index (κ1) is 14.0. The first-order valence-corrected chi connectivity index (χ1v) is 6.76. The Bertz CT molecular complexity index is 533. The van der Waals surface area contributed by atoms with E-state index in [-0.39, 0.29) is 30.0 Å². The Kier molecular flexibility index (Phi) is 3.89. The highest BCUT2D eigenvalue weighted by Gasteiger charge is 2.38. The summed E-state index contributed by atoms with van der Waals surface area (Å²) < 4.78 is 14.6. The van der Waals surface area contributed by atoms with Crippen molar-refractivity contribution >= 4 is 33.4 Å². The van der Waals surface area contributed by atoms with Crippen LogP contribution in [0.3, 0.4) is 0 Å². The molecule has 0 aliphatic carbocycles. The van der Waals surface area contributed by atoms with E-state index in [2.05, 4.69) is 21.2 Å². The Hall–Kier alpha value is -1.43. The van der Waals surface area contributed by atoms with Crippen LogP contribution in [-0.4, -0.2) is 24.4 Å². The fourth-order valence-electron chi connectivity index (χ4n) is 2.18. The molecular formula is C13H14BrFN2O2. The van der Waals surface area contributed by atoms with E-state index in [4.69, 9.17) is 0 Å². The van der Waals surface area contributed by atoms with Gasteiger partial charge in [0.15, 0.2) is 0 Å². The van der Waals surface area contributed by atoms with Gasteiger partial charge in [0.1, 0.15) is 11.9 Å². The number of carbonyl (C=O) groups is 2. The molecule has 1 unspecified atom stereocenters. The monoisotopic (exact) mass is 328 g/mol. The van der Waals surface area contributed by atoms with Crippen LogP contribution in [0.4, 0.5) is 10.1 Å². The number of amides is 2. The van der Waals surface area contributed by atoms with Gasteiger partial charge in [0.2, 0.25) is 11.8 Å². The Morgan fingerprint density at radius 3 is 2.74 bits per heavy atom. The molecule has 1 aliphatic rings. The van der Waals surface area contributed by atoms with Crippen LogP contribution in [0.5, 0.6) is 0 Å². The summed E-state index contributed by atoms with van der Waals surface area (Å²) in [6.45, 7) is 3.55. The zero-order valence-electron chi connectivity index (χ0n) is 10.6. The van der Waals surface area contributed by atoms with Crippen LogP contribution >= 0.6 is 15.9 Å². The van der Waals surface area contributed by atoms with Crippen molar-refractivity contribution in [3.63, 3.8) is 0 Å². The van der Waals surface area contributed by atoms with Gasteiger partial charge in [-0.1, -0.05) is 29.8 Å². The molecule has 2 rings (SSSR count). The minimum atomic E-state index is -0.690. The zero-order valence-corrected chi connectivity index (χ0v) is 12.2. The van der Waals surface area contributed by atoms with Crippen molar-refractivity contribution in [2.45, 2.75) is 19.9 Å². The molecule has 1 saturated heterocycles. The summed E-state index contributed by atoms with van der Waals surface area (Å²) in [4.78, 5) is 25.2. The van der Waals surface area contributed by atoms with Gasteiger partial charge in [-0.05, 0) is 24.1 Å². The molecule has 0 aromatic heterocycles. The van der Waals surface area contributed by atoms with Crippen molar-refractivity contribution in [2.24, 2.45) is 5.92 Å². The standard InChI is InChI=1S/C13H14BrFN2O2/c1-7(2)12-13(19)16-6-11(18)17(12)10-5-8(14)3-4-9(10)15/h3-5,7,12H,6H2,1-2H3,(H,16,19). The Morgan fingerprint density at radius 2 is 2.11 bits per heavy atom. The van der Waals surface area contributed by atoms with E-state index >= 15 is 0 Å². The molecule has 1 aromatic carbocycles. The second-order valence-electron chi connectivity index (χ2n) is 4.77. The van der Waals surface area contributed by atoms with Gasteiger partial charge in [0.05, 0.1) is 12.2 Å². The van der Waals surface area contributed by atoms with Crippen LogP contribution in [-0.2, 0) is 9.59 Å². The molecule has 0 radical (unpaired) electrons. The smallest absolute Gasteiger partial charge is 0.247 e. The highest BCUT2D eigenvalue weighted by molar-refractivity contribution is 9.10. The number of hydrogen-bond acceptors (Lipinski definition) is 2. The minimum absolute atomic E-state index is 0.103. The van der Waals surface area contributed by atoms with Crippen molar-refractivity contribution in [1.82, 2.24) is 5.32 Å². The second kappa shape index (κ2) is 5.28. The summed E-state index contributed by atoms with van der Waals surface area (Å²) in [7, 11) is 0. The highest BCUT2D eigenvalue weighted by atomic mass is 79.9. The molecule has 0 saturated carbocycles. The number of piperazine rings is 1. The first-order valence-electron chi connectivity index (χ1n) is 5.96. The van der Waals surface area contributed by atoms with Gasteiger partial charge in [-0.3, -0.25) is 14.5 Å². The molecule has 19 heavy (non-hydrogen) atoms. The third kappa shape index (κ3) is 2.63. The van der Waals surface area contributed by atoms with E-state index in [1.807, 2.05) is 13.8 Å². The number of hydrogen-bond donors (Lipinski definition) is 1. The quantitative estimate of drug-likeness (QED) is 0.903. The molecule has 1 fully saturated rings. The molecule has 1 N–H and O–H groups in total. The van der Waals surface area contributed by atoms with Crippen molar-refractivity contribution in [2.75, 3.05) is 11.4 Å². The lowest BCUT2D eigenvalue weighted by Crippen LogP contribution is -2.60. The van der Waals surface area contributed by atoms with Gasteiger partial charge in [-0.25, -0.2) is 4.39 Å². The molecule has 0 spiro atoms. The second-order valence-corrected chi connectivity index (χ2v) is 5.68. The molecule has 1 atom stereocenters. The SMILES string of the molecule is CC(C)C1C(=O)NCC(=O)N1c1cc(Br)ccc1F. The van der Waals surface area contributed by atoms with E-state index in [1.165, 1.54) is 17.0 Å². The lowest BCUT2D eigenvalue weighted by atomic mass is 9.98. The first-order chi connectivity index (χ1) is 8.91. The molecule has 6 heteroatoms. The number of carbonyl (C=O) groups excluding carboxylic acids is 2. The van der Waals surface area contributed by atoms with Crippen molar-refractivity contribution in [1.29, 1.82) is 0 Å². The number of nitrogens with one attached hydrogen (secondary N) is 1. The topological polar surface area (TPSA) is 49.4 Å². The van der Waals surface area contributed by atoms with E-state index in [0.29, 0.717) is 4.47 Å². The lowest BCUT2D eigenvalue weighted by molar-refractivity contribution is -0.131. The summed E-state index contributed by atoms with van der Waals surface area (Å²) in [5, 5.41) is 2.53. The molecule has 4 nitrogen and oxygen atoms in total. The average Bonchev–Trinajstić information content (AvgIpc) is 2.34. The maximum Gasteiger partial charge on any atom is 0.247 e. The summed E-state index contributed by atoms with van der Waals surface area (Å²) >= 11 is 3.25. The molecular weight excluding hydrogens is 315 g/mol. The van der Waals surface area contributed by atoms with Gasteiger partial charge < -0.3 is 5.32 Å². The van der Waals surface area contributed by atoms with Gasteiger partial charge in [-0.15, -0.1) is 0 Å². The number of halogens is 2. The summed E-state index contributed by atoms with van der Waals surface area (Å²) in [5.74, 6) is -1.19. The predicted octanol–water partition coefficient (Wildman–Crippen LogP) is 2.08. The highest BCUT2D eigenvalue weighted by Crippen LogP contribution is 2.29. The van der Waals surface area contributed by atoms with Crippen LogP contribution < -0.4 is 10.2 Å². The summed E-state index contributed by atoms with van der Waals surface area (Å²) in [6.07, 6.45) is 0. The number of anilines is 1. The fraction of sp³-hybridized carbons (Fsp3) is 0.385. The van der Waals surface area contributed by atoms with E-state index in [0.717, 1.165) is 0 Å². The van der Waals surface area contributed by atoms with Crippen LogP contribution in [0, 0.1) is 11.7 Å². The molecule has 1 aliphatic heterocycles. The largest absolute Gasteiger partial charge is 0.345 e. The maximum absolute atomic E-state index is 13.9. The molecule has 0 bridgehead atoms. The third-order valence-electron chi connectivity index (χ3n) is 3.03. The van der Waals surface area contributed by atoms with E-state index in [9.17, 15) is 14.0 Å². The fourth-order valence-corrected chi connectivity index (χ4v) is 2.53. The van der Waals surface area contributed by atoms with Gasteiger partial charge in [0, 0.05) is 4.47 Å². The normalized spacial score (nSPS) is 19.8. The molecule has 2 amide bonds. The van der Waals surface area contributed by atoms with Crippen molar-refractivity contribution in [3.8, 4) is 0 Å². The van der Waals surface area contributed by atoms with Crippen molar-refractivity contribution < 1.29 is 14.0 Å². The lowest BCUT2D eigenvalue weighted by Gasteiger charge is -2.37. The average molecular weight is 329 g/mol. The van der Waals surface area contributed by atoms with Crippen LogP contribution in [0.2, 0.25) is 0 Å². The summed E-state index contributed by atoms with van der Waals surface area (Å²) in [6, 6.07) is 3.65. The van der Waals surface area contributed by atoms with Gasteiger partial charge in [0.25, 0.3) is 0 Å². The Morgan fingerprint density at radius 1 is 1.42 bits per heavy atom. The third-order valence-corrected chi connectivity index (χ3v) is 3.52. The zero-order chi connectivity index (χ0) is 14.2. The van der Waals surface area contributed by atoms with E-state index < -0.39 is 11.9 Å². The van der Waals surface area contributed by atoms with E-state index in [1.54, 1.807) is 6.07 Å².